The first-order valence-electron chi connectivity index (χ1n) is 4.85. The summed E-state index contributed by atoms with van der Waals surface area (Å²) in [5, 5.41) is 11.2. The number of nitrogens with one attached hydrogen (secondary N) is 1. The Balaban J connectivity index is 4.42. The molecule has 0 spiro atoms. The molecule has 0 heterocycles. The molecule has 0 atom stereocenters. The van der Waals surface area contributed by atoms with Crippen molar-refractivity contribution in [2.45, 2.75) is 20.8 Å². The molecule has 3 heteroatoms. The van der Waals surface area contributed by atoms with Gasteiger partial charge >= 0.3 is 0 Å². The van der Waals surface area contributed by atoms with Crippen molar-refractivity contribution in [3.05, 3.63) is 23.8 Å². The van der Waals surface area contributed by atoms with Crippen LogP contribution in [-0.4, -0.2) is 24.2 Å². The van der Waals surface area contributed by atoms with Gasteiger partial charge in [-0.25, -0.2) is 0 Å². The lowest BCUT2D eigenvalue weighted by Gasteiger charge is -2.10. The van der Waals surface area contributed by atoms with Gasteiger partial charge in [-0.05, 0) is 12.8 Å². The summed E-state index contributed by atoms with van der Waals surface area (Å²) in [6.45, 7) is 6.11. The molecule has 0 aromatic carbocycles. The maximum atomic E-state index is 11.5. The third kappa shape index (κ3) is 4.82. The van der Waals surface area contributed by atoms with Gasteiger partial charge in [0.05, 0.1) is 6.61 Å². The number of aliphatic hydroxyl groups excluding tert-OH is 1. The standard InChI is InChI=1S/C11H19NO2/c1-4-5-6-10(9(2)3)11(14)12-7-8-13/h4-6,9,13H,7-8H2,1-3H3,(H,12,14)/b5-4+,10-6-. The van der Waals surface area contributed by atoms with Gasteiger partial charge in [0, 0.05) is 12.1 Å². The number of rotatable bonds is 5. The van der Waals surface area contributed by atoms with E-state index in [0.29, 0.717) is 6.54 Å². The SMILES string of the molecule is C/C=C/C=C(\C(=O)NCCO)C(C)C. The summed E-state index contributed by atoms with van der Waals surface area (Å²) in [7, 11) is 0. The van der Waals surface area contributed by atoms with Gasteiger partial charge in [0.1, 0.15) is 0 Å². The first kappa shape index (κ1) is 12.9. The summed E-state index contributed by atoms with van der Waals surface area (Å²) in [4.78, 5) is 11.5. The lowest BCUT2D eigenvalue weighted by atomic mass is 10.0. The normalized spacial score (nSPS) is 12.5. The smallest absolute Gasteiger partial charge is 0.247 e. The van der Waals surface area contributed by atoms with Gasteiger partial charge in [0.2, 0.25) is 5.91 Å². The van der Waals surface area contributed by atoms with Gasteiger partial charge in [0.15, 0.2) is 0 Å². The molecule has 2 N–H and O–H groups in total. The van der Waals surface area contributed by atoms with Crippen molar-refractivity contribution in [2.75, 3.05) is 13.2 Å². The van der Waals surface area contributed by atoms with Crippen molar-refractivity contribution in [1.82, 2.24) is 5.32 Å². The molecule has 0 unspecified atom stereocenters. The lowest BCUT2D eigenvalue weighted by molar-refractivity contribution is -0.118. The van der Waals surface area contributed by atoms with Gasteiger partial charge in [0.25, 0.3) is 0 Å². The van der Waals surface area contributed by atoms with Crippen LogP contribution in [0, 0.1) is 5.92 Å². The molecular weight excluding hydrogens is 178 g/mol. The summed E-state index contributed by atoms with van der Waals surface area (Å²) in [6, 6.07) is 0. The highest BCUT2D eigenvalue weighted by molar-refractivity contribution is 5.94. The Morgan fingerprint density at radius 1 is 1.50 bits per heavy atom. The molecule has 0 aliphatic rings. The highest BCUT2D eigenvalue weighted by Crippen LogP contribution is 2.09. The molecule has 0 radical (unpaired) electrons. The fraction of sp³-hybridized carbons (Fsp3) is 0.545. The Labute approximate surface area is 85.5 Å². The molecule has 1 amide bonds. The maximum Gasteiger partial charge on any atom is 0.247 e. The molecule has 3 nitrogen and oxygen atoms in total. The van der Waals surface area contributed by atoms with Crippen LogP contribution < -0.4 is 5.32 Å². The molecule has 0 saturated heterocycles. The molecule has 14 heavy (non-hydrogen) atoms. The zero-order valence-electron chi connectivity index (χ0n) is 9.08. The topological polar surface area (TPSA) is 49.3 Å². The zero-order valence-corrected chi connectivity index (χ0v) is 9.08. The van der Waals surface area contributed by atoms with Gasteiger partial charge in [-0.15, -0.1) is 0 Å². The van der Waals surface area contributed by atoms with E-state index in [1.54, 1.807) is 6.08 Å². The van der Waals surface area contributed by atoms with E-state index < -0.39 is 0 Å². The van der Waals surface area contributed by atoms with Gasteiger partial charge in [-0.3, -0.25) is 4.79 Å². The van der Waals surface area contributed by atoms with E-state index in [4.69, 9.17) is 5.11 Å². The van der Waals surface area contributed by atoms with E-state index in [-0.39, 0.29) is 18.4 Å². The number of carbonyl (C=O) groups excluding carboxylic acids is 1. The third-order valence-electron chi connectivity index (χ3n) is 1.75. The van der Waals surface area contributed by atoms with Crippen molar-refractivity contribution < 1.29 is 9.90 Å². The van der Waals surface area contributed by atoms with Gasteiger partial charge < -0.3 is 10.4 Å². The molecule has 0 saturated carbocycles. The second-order valence-corrected chi connectivity index (χ2v) is 3.28. The van der Waals surface area contributed by atoms with Crippen LogP contribution in [0.2, 0.25) is 0 Å². The summed E-state index contributed by atoms with van der Waals surface area (Å²) in [5.41, 5.74) is 0.733. The number of aliphatic hydroxyl groups is 1. The van der Waals surface area contributed by atoms with Crippen LogP contribution in [0.5, 0.6) is 0 Å². The minimum atomic E-state index is -0.104. The largest absolute Gasteiger partial charge is 0.395 e. The summed E-state index contributed by atoms with van der Waals surface area (Å²) in [5.74, 6) is 0.0806. The predicted octanol–water partition coefficient (Wildman–Crippen LogP) is 1.25. The van der Waals surface area contributed by atoms with Crippen LogP contribution in [0.1, 0.15) is 20.8 Å². The molecule has 0 rings (SSSR count). The van der Waals surface area contributed by atoms with E-state index in [9.17, 15) is 4.79 Å². The van der Waals surface area contributed by atoms with Gasteiger partial charge in [-0.1, -0.05) is 32.1 Å². The summed E-state index contributed by atoms with van der Waals surface area (Å²) in [6.07, 6.45) is 5.52. The van der Waals surface area contributed by atoms with Crippen molar-refractivity contribution in [1.29, 1.82) is 0 Å². The Morgan fingerprint density at radius 3 is 2.57 bits per heavy atom. The van der Waals surface area contributed by atoms with Crippen molar-refractivity contribution >= 4 is 5.91 Å². The number of allylic oxidation sites excluding steroid dienone is 3. The van der Waals surface area contributed by atoms with Crippen molar-refractivity contribution in [3.63, 3.8) is 0 Å². The molecule has 0 aromatic heterocycles. The Bertz CT molecular complexity index is 229. The van der Waals surface area contributed by atoms with E-state index in [1.165, 1.54) is 0 Å². The highest BCUT2D eigenvalue weighted by atomic mass is 16.3. The first-order valence-corrected chi connectivity index (χ1v) is 4.85. The molecule has 0 aliphatic carbocycles. The summed E-state index contributed by atoms with van der Waals surface area (Å²) >= 11 is 0. The summed E-state index contributed by atoms with van der Waals surface area (Å²) < 4.78 is 0. The van der Waals surface area contributed by atoms with E-state index >= 15 is 0 Å². The van der Waals surface area contributed by atoms with Crippen LogP contribution in [0.15, 0.2) is 23.8 Å². The molecule has 0 bridgehead atoms. The molecule has 0 fully saturated rings. The number of hydrogen-bond acceptors (Lipinski definition) is 2. The van der Waals surface area contributed by atoms with Crippen LogP contribution in [-0.2, 0) is 4.79 Å². The number of hydrogen-bond donors (Lipinski definition) is 2. The quantitative estimate of drug-likeness (QED) is 0.515. The first-order chi connectivity index (χ1) is 6.63. The second-order valence-electron chi connectivity index (χ2n) is 3.28. The van der Waals surface area contributed by atoms with Crippen molar-refractivity contribution in [2.24, 2.45) is 5.92 Å². The van der Waals surface area contributed by atoms with E-state index in [0.717, 1.165) is 5.57 Å². The molecular formula is C11H19NO2. The molecule has 0 aromatic rings. The number of amides is 1. The fourth-order valence-corrected chi connectivity index (χ4v) is 1.00. The van der Waals surface area contributed by atoms with Crippen LogP contribution >= 0.6 is 0 Å². The van der Waals surface area contributed by atoms with Crippen LogP contribution in [0.3, 0.4) is 0 Å². The second kappa shape index (κ2) is 7.33. The average Bonchev–Trinajstić information content (AvgIpc) is 2.14. The third-order valence-corrected chi connectivity index (χ3v) is 1.75. The molecule has 0 aliphatic heterocycles. The number of carbonyl (C=O) groups is 1. The fourth-order valence-electron chi connectivity index (χ4n) is 1.00. The zero-order chi connectivity index (χ0) is 11.0. The van der Waals surface area contributed by atoms with E-state index in [1.807, 2.05) is 32.9 Å². The minimum absolute atomic E-state index is 0.0271. The van der Waals surface area contributed by atoms with Crippen LogP contribution in [0.4, 0.5) is 0 Å². The Morgan fingerprint density at radius 2 is 2.14 bits per heavy atom. The van der Waals surface area contributed by atoms with E-state index in [2.05, 4.69) is 5.32 Å². The van der Waals surface area contributed by atoms with Crippen molar-refractivity contribution in [3.8, 4) is 0 Å². The maximum absolute atomic E-state index is 11.5. The highest BCUT2D eigenvalue weighted by Gasteiger charge is 2.11. The molecule has 80 valence electrons. The predicted molar refractivity (Wildman–Crippen MR) is 57.8 cm³/mol. The Kier molecular flexibility index (Phi) is 6.76. The monoisotopic (exact) mass is 197 g/mol. The average molecular weight is 197 g/mol. The minimum Gasteiger partial charge on any atom is -0.395 e. The lowest BCUT2D eigenvalue weighted by Crippen LogP contribution is -2.29. The Hall–Kier alpha value is -1.09. The van der Waals surface area contributed by atoms with Crippen LogP contribution in [0.25, 0.3) is 0 Å². The van der Waals surface area contributed by atoms with Gasteiger partial charge in [-0.2, -0.15) is 0 Å².